The fraction of sp³-hybridized carbons (Fsp3) is 0.444. The molecule has 6 rings (SSSR count). The summed E-state index contributed by atoms with van der Waals surface area (Å²) >= 11 is 1.67. The zero-order chi connectivity index (χ0) is 22.5. The minimum Gasteiger partial charge on any atom is -0.288 e. The number of fused-ring (bicyclic) bond motifs is 2. The lowest BCUT2D eigenvalue weighted by Gasteiger charge is -2.46. The lowest BCUT2D eigenvalue weighted by atomic mass is 9.77. The molecule has 3 fully saturated rings. The number of aryl methyl sites for hydroxylation is 1. The first-order valence-electron chi connectivity index (χ1n) is 12.2. The van der Waals surface area contributed by atoms with Crippen LogP contribution in [0.3, 0.4) is 0 Å². The summed E-state index contributed by atoms with van der Waals surface area (Å²) in [6, 6.07) is 14.2. The van der Waals surface area contributed by atoms with Crippen molar-refractivity contribution < 1.29 is 9.59 Å². The molecule has 3 aliphatic rings. The van der Waals surface area contributed by atoms with Crippen molar-refractivity contribution in [2.45, 2.75) is 64.0 Å². The molecule has 1 aromatic heterocycles. The van der Waals surface area contributed by atoms with Gasteiger partial charge in [0, 0.05) is 11.6 Å². The number of imide groups is 1. The predicted octanol–water partition coefficient (Wildman–Crippen LogP) is 5.56. The molecule has 2 aliphatic heterocycles. The molecule has 5 nitrogen and oxygen atoms in total. The molecule has 2 amide bonds. The normalized spacial score (nSPS) is 26.2. The zero-order valence-electron chi connectivity index (χ0n) is 19.0. The number of piperidine rings is 1. The van der Waals surface area contributed by atoms with Crippen LogP contribution in [0.25, 0.3) is 20.8 Å². The Morgan fingerprint density at radius 2 is 1.76 bits per heavy atom. The summed E-state index contributed by atoms with van der Waals surface area (Å²) in [4.78, 5) is 35.0. The Morgan fingerprint density at radius 1 is 0.970 bits per heavy atom. The molecule has 3 heterocycles. The van der Waals surface area contributed by atoms with E-state index in [0.717, 1.165) is 29.1 Å². The van der Waals surface area contributed by atoms with Gasteiger partial charge in [0.05, 0.1) is 28.4 Å². The van der Waals surface area contributed by atoms with Gasteiger partial charge in [-0.1, -0.05) is 18.9 Å². The first kappa shape index (κ1) is 21.0. The molecular formula is C27H29N3O2S. The average molecular weight is 460 g/mol. The molecule has 6 heteroatoms. The number of nitrogens with zero attached hydrogens (tertiary/aromatic N) is 3. The summed E-state index contributed by atoms with van der Waals surface area (Å²) in [5, 5.41) is 0.954. The van der Waals surface area contributed by atoms with E-state index < -0.39 is 0 Å². The average Bonchev–Trinajstić information content (AvgIpc) is 3.38. The van der Waals surface area contributed by atoms with Crippen LogP contribution in [0.5, 0.6) is 0 Å². The van der Waals surface area contributed by atoms with Crippen LogP contribution in [0.1, 0.15) is 50.5 Å². The number of amides is 2. The van der Waals surface area contributed by atoms with Gasteiger partial charge < -0.3 is 0 Å². The van der Waals surface area contributed by atoms with Crippen molar-refractivity contribution in [3.05, 3.63) is 48.0 Å². The molecule has 0 spiro atoms. The van der Waals surface area contributed by atoms with E-state index in [9.17, 15) is 9.59 Å². The molecular weight excluding hydrogens is 430 g/mol. The highest BCUT2D eigenvalue weighted by atomic mass is 32.1. The van der Waals surface area contributed by atoms with Gasteiger partial charge in [-0.2, -0.15) is 0 Å². The lowest BCUT2D eigenvalue weighted by Crippen LogP contribution is -2.54. The SMILES string of the molecule is Cc1ccc2nc(-c3ccc(N4C(=O)C[C@H](N5CCC[C@H]6CCCC[C@H]65)C4=O)cc3)sc2c1. The second kappa shape index (κ2) is 8.33. The van der Waals surface area contributed by atoms with Gasteiger partial charge >= 0.3 is 0 Å². The summed E-state index contributed by atoms with van der Waals surface area (Å²) in [5.41, 5.74) is 3.90. The molecule has 3 atom stereocenters. The number of benzene rings is 2. The molecule has 0 radical (unpaired) electrons. The molecule has 1 saturated carbocycles. The summed E-state index contributed by atoms with van der Waals surface area (Å²) in [6.07, 6.45) is 7.69. The van der Waals surface area contributed by atoms with E-state index in [-0.39, 0.29) is 17.9 Å². The first-order valence-corrected chi connectivity index (χ1v) is 13.0. The van der Waals surface area contributed by atoms with E-state index in [1.807, 2.05) is 24.3 Å². The van der Waals surface area contributed by atoms with E-state index in [4.69, 9.17) is 4.98 Å². The van der Waals surface area contributed by atoms with Crippen LogP contribution in [0, 0.1) is 12.8 Å². The Balaban J connectivity index is 1.24. The zero-order valence-corrected chi connectivity index (χ0v) is 19.8. The van der Waals surface area contributed by atoms with Crippen molar-refractivity contribution >= 4 is 39.1 Å². The maximum Gasteiger partial charge on any atom is 0.251 e. The smallest absolute Gasteiger partial charge is 0.251 e. The molecule has 2 saturated heterocycles. The lowest BCUT2D eigenvalue weighted by molar-refractivity contribution is -0.124. The minimum atomic E-state index is -0.296. The maximum absolute atomic E-state index is 13.4. The molecule has 3 aromatic rings. The Kier molecular flexibility index (Phi) is 5.30. The van der Waals surface area contributed by atoms with Gasteiger partial charge in [-0.25, -0.2) is 9.88 Å². The van der Waals surface area contributed by atoms with E-state index >= 15 is 0 Å². The second-order valence-electron chi connectivity index (χ2n) is 9.82. The van der Waals surface area contributed by atoms with E-state index in [0.29, 0.717) is 24.1 Å². The third-order valence-corrected chi connectivity index (χ3v) is 8.79. The molecule has 0 bridgehead atoms. The van der Waals surface area contributed by atoms with Gasteiger partial charge in [0.25, 0.3) is 5.91 Å². The van der Waals surface area contributed by atoms with Crippen molar-refractivity contribution in [1.29, 1.82) is 0 Å². The first-order chi connectivity index (χ1) is 16.1. The van der Waals surface area contributed by atoms with Crippen LogP contribution in [0.2, 0.25) is 0 Å². The van der Waals surface area contributed by atoms with Gasteiger partial charge in [0.15, 0.2) is 0 Å². The highest BCUT2D eigenvalue weighted by Gasteiger charge is 2.47. The van der Waals surface area contributed by atoms with E-state index in [1.54, 1.807) is 11.3 Å². The van der Waals surface area contributed by atoms with Gasteiger partial charge in [0.1, 0.15) is 5.01 Å². The molecule has 0 N–H and O–H groups in total. The number of hydrogen-bond acceptors (Lipinski definition) is 5. The highest BCUT2D eigenvalue weighted by Crippen LogP contribution is 2.39. The molecule has 2 aromatic carbocycles. The number of anilines is 1. The number of hydrogen-bond donors (Lipinski definition) is 0. The predicted molar refractivity (Wildman–Crippen MR) is 132 cm³/mol. The third kappa shape index (κ3) is 3.69. The molecule has 1 aliphatic carbocycles. The Labute approximate surface area is 198 Å². The van der Waals surface area contributed by atoms with Crippen LogP contribution in [0.4, 0.5) is 5.69 Å². The summed E-state index contributed by atoms with van der Waals surface area (Å²) in [5.74, 6) is 0.571. The van der Waals surface area contributed by atoms with E-state index in [1.165, 1.54) is 47.3 Å². The number of aromatic nitrogens is 1. The highest BCUT2D eigenvalue weighted by molar-refractivity contribution is 7.21. The number of likely N-dealkylation sites (tertiary alicyclic amines) is 1. The quantitative estimate of drug-likeness (QED) is 0.481. The Bertz CT molecular complexity index is 1220. The molecule has 170 valence electrons. The van der Waals surface area contributed by atoms with Crippen LogP contribution < -0.4 is 4.90 Å². The van der Waals surface area contributed by atoms with Crippen molar-refractivity contribution in [3.8, 4) is 10.6 Å². The van der Waals surface area contributed by atoms with Crippen molar-refractivity contribution in [2.24, 2.45) is 5.92 Å². The topological polar surface area (TPSA) is 53.5 Å². The largest absolute Gasteiger partial charge is 0.288 e. The molecule has 0 unspecified atom stereocenters. The van der Waals surface area contributed by atoms with E-state index in [2.05, 4.69) is 30.0 Å². The van der Waals surface area contributed by atoms with Crippen molar-refractivity contribution in [3.63, 3.8) is 0 Å². The van der Waals surface area contributed by atoms with Crippen LogP contribution >= 0.6 is 11.3 Å². The third-order valence-electron chi connectivity index (χ3n) is 7.73. The number of thiazole rings is 1. The molecule has 33 heavy (non-hydrogen) atoms. The van der Waals surface area contributed by atoms with Crippen LogP contribution in [-0.4, -0.2) is 40.3 Å². The number of carbonyl (C=O) groups is 2. The number of carbonyl (C=O) groups excluding carboxylic acids is 2. The van der Waals surface area contributed by atoms with Gasteiger partial charge in [-0.05, 0) is 87.0 Å². The Hall–Kier alpha value is -2.57. The van der Waals surface area contributed by atoms with Gasteiger partial charge in [-0.3, -0.25) is 14.5 Å². The summed E-state index contributed by atoms with van der Waals surface area (Å²) < 4.78 is 1.17. The van der Waals surface area contributed by atoms with Crippen LogP contribution in [-0.2, 0) is 9.59 Å². The number of rotatable bonds is 3. The monoisotopic (exact) mass is 459 g/mol. The van der Waals surface area contributed by atoms with Crippen molar-refractivity contribution in [2.75, 3.05) is 11.4 Å². The minimum absolute atomic E-state index is 0.0468. The van der Waals surface area contributed by atoms with Gasteiger partial charge in [-0.15, -0.1) is 11.3 Å². The maximum atomic E-state index is 13.4. The fourth-order valence-electron chi connectivity index (χ4n) is 6.10. The van der Waals surface area contributed by atoms with Crippen LogP contribution in [0.15, 0.2) is 42.5 Å². The van der Waals surface area contributed by atoms with Gasteiger partial charge in [0.2, 0.25) is 5.91 Å². The standard InChI is InChI=1S/C27H29N3O2S/c1-17-8-13-21-24(15-17)33-26(28-21)19-9-11-20(12-10-19)30-25(31)16-23(27(30)32)29-14-4-6-18-5-2-3-7-22(18)29/h8-13,15,18,22-23H,2-7,14,16H2,1H3/t18-,22-,23+/m1/s1. The van der Waals surface area contributed by atoms with Crippen molar-refractivity contribution in [1.82, 2.24) is 9.88 Å². The summed E-state index contributed by atoms with van der Waals surface area (Å²) in [7, 11) is 0. The fourth-order valence-corrected chi connectivity index (χ4v) is 7.17. The Morgan fingerprint density at radius 3 is 2.61 bits per heavy atom. The second-order valence-corrected chi connectivity index (χ2v) is 10.8. The summed E-state index contributed by atoms with van der Waals surface area (Å²) in [6.45, 7) is 3.03.